The van der Waals surface area contributed by atoms with Gasteiger partial charge >= 0.3 is 7.12 Å². The summed E-state index contributed by atoms with van der Waals surface area (Å²) in [4.78, 5) is 0. The maximum absolute atomic E-state index is 9.76. The molecule has 0 fully saturated rings. The molecule has 0 saturated heterocycles. The lowest BCUT2D eigenvalue weighted by atomic mass is 9.68. The zero-order valence-electron chi connectivity index (χ0n) is 14.5. The molecule has 0 aromatic heterocycles. The van der Waals surface area contributed by atoms with Crippen molar-refractivity contribution in [1.82, 2.24) is 0 Å². The molecule has 0 saturated carbocycles. The van der Waals surface area contributed by atoms with E-state index in [1.54, 1.807) is 0 Å². The molecule has 0 spiro atoms. The van der Waals surface area contributed by atoms with Crippen LogP contribution in [0.25, 0.3) is 0 Å². The van der Waals surface area contributed by atoms with Gasteiger partial charge in [0.25, 0.3) is 0 Å². The van der Waals surface area contributed by atoms with E-state index in [1.807, 2.05) is 32.9 Å². The van der Waals surface area contributed by atoms with Gasteiger partial charge in [-0.15, -0.1) is 0 Å². The highest BCUT2D eigenvalue weighted by molar-refractivity contribution is 6.59. The van der Waals surface area contributed by atoms with Gasteiger partial charge in [-0.2, -0.15) is 0 Å². The lowest BCUT2D eigenvalue weighted by Gasteiger charge is -2.22. The molecule has 3 heteroatoms. The molecule has 2 N–H and O–H groups in total. The molecular formula is C15H25BO2. The van der Waals surface area contributed by atoms with Crippen LogP contribution in [0.1, 0.15) is 80.0 Å². The van der Waals surface area contributed by atoms with Crippen molar-refractivity contribution in [2.75, 3.05) is 0 Å². The zero-order valence-corrected chi connectivity index (χ0v) is 11.5. The molecule has 0 radical (unpaired) electrons. The third-order valence-corrected chi connectivity index (χ3v) is 3.16. The predicted molar refractivity (Wildman–Crippen MR) is 78.5 cm³/mol. The smallest absolute Gasteiger partial charge is 0.423 e. The zero-order chi connectivity index (χ0) is 16.2. The molecule has 0 aliphatic rings. The van der Waals surface area contributed by atoms with E-state index in [9.17, 15) is 10.0 Å². The minimum Gasteiger partial charge on any atom is -0.423 e. The largest absolute Gasteiger partial charge is 0.489 e. The second-order valence-corrected chi connectivity index (χ2v) is 5.19. The van der Waals surface area contributed by atoms with E-state index in [2.05, 4.69) is 0 Å². The van der Waals surface area contributed by atoms with Crippen molar-refractivity contribution in [2.24, 2.45) is 0 Å². The summed E-state index contributed by atoms with van der Waals surface area (Å²) in [5, 5.41) is 19.5. The van der Waals surface area contributed by atoms with E-state index in [1.165, 1.54) is 0 Å². The van der Waals surface area contributed by atoms with Crippen LogP contribution in [-0.2, 0) is 0 Å². The lowest BCUT2D eigenvalue weighted by Crippen LogP contribution is -2.37. The quantitative estimate of drug-likeness (QED) is 0.808. The molecule has 0 bridgehead atoms. The van der Waals surface area contributed by atoms with E-state index in [0.717, 1.165) is 16.7 Å². The van der Waals surface area contributed by atoms with Crippen LogP contribution in [0.15, 0.2) is 12.1 Å². The number of rotatable bonds is 4. The first-order chi connectivity index (χ1) is 9.87. The third-order valence-electron chi connectivity index (χ3n) is 3.16. The average molecular weight is 251 g/mol. The van der Waals surface area contributed by atoms with Crippen molar-refractivity contribution in [3.8, 4) is 0 Å². The molecule has 1 aromatic rings. The lowest BCUT2D eigenvalue weighted by molar-refractivity contribution is 0.424. The van der Waals surface area contributed by atoms with E-state index in [-0.39, 0.29) is 38.5 Å². The Labute approximate surface area is 115 Å². The monoisotopic (exact) mass is 251 g/mol. The molecule has 100 valence electrons. The summed E-state index contributed by atoms with van der Waals surface area (Å²) in [5.74, 6) is -0.184. The molecule has 18 heavy (non-hydrogen) atoms. The SMILES string of the molecule is [2H]CC(C)c1cc(C(C)C[2H])c(B(O)O)c(C(C)C[2H])c1. The van der Waals surface area contributed by atoms with Gasteiger partial charge in [-0.25, -0.2) is 0 Å². The van der Waals surface area contributed by atoms with Crippen molar-refractivity contribution < 1.29 is 14.2 Å². The first-order valence-electron chi connectivity index (χ1n) is 8.40. The summed E-state index contributed by atoms with van der Waals surface area (Å²) in [5.41, 5.74) is 2.93. The van der Waals surface area contributed by atoms with Crippen LogP contribution in [0.5, 0.6) is 0 Å². The molecule has 0 aliphatic heterocycles. The molecular weight excluding hydrogens is 223 g/mol. The van der Waals surface area contributed by atoms with Crippen molar-refractivity contribution in [3.05, 3.63) is 28.8 Å². The van der Waals surface area contributed by atoms with Crippen LogP contribution in [0.3, 0.4) is 0 Å². The molecule has 1 aromatic carbocycles. The van der Waals surface area contributed by atoms with Gasteiger partial charge in [0.05, 0.1) is 0 Å². The highest BCUT2D eigenvalue weighted by Gasteiger charge is 2.24. The Morgan fingerprint density at radius 1 is 0.944 bits per heavy atom. The topological polar surface area (TPSA) is 40.5 Å². The number of hydrogen-bond acceptors (Lipinski definition) is 2. The van der Waals surface area contributed by atoms with Gasteiger partial charge < -0.3 is 10.0 Å². The summed E-state index contributed by atoms with van der Waals surface area (Å²) in [7, 11) is -1.60. The van der Waals surface area contributed by atoms with Gasteiger partial charge in [0.1, 0.15) is 0 Å². The van der Waals surface area contributed by atoms with E-state index in [0.29, 0.717) is 5.46 Å². The van der Waals surface area contributed by atoms with Crippen LogP contribution in [-0.4, -0.2) is 17.2 Å². The van der Waals surface area contributed by atoms with E-state index in [4.69, 9.17) is 4.11 Å². The summed E-state index contributed by atoms with van der Waals surface area (Å²) in [6.07, 6.45) is 0. The first kappa shape index (κ1) is 11.1. The van der Waals surface area contributed by atoms with Gasteiger partial charge in [0.15, 0.2) is 0 Å². The van der Waals surface area contributed by atoms with Crippen LogP contribution in [0, 0.1) is 0 Å². The van der Waals surface area contributed by atoms with Crippen molar-refractivity contribution in [1.29, 1.82) is 0 Å². The molecule has 1 rings (SSSR count). The van der Waals surface area contributed by atoms with Crippen molar-refractivity contribution in [3.63, 3.8) is 0 Å². The van der Waals surface area contributed by atoms with Crippen molar-refractivity contribution in [2.45, 2.75) is 59.2 Å². The fourth-order valence-corrected chi connectivity index (χ4v) is 2.12. The molecule has 0 heterocycles. The molecule has 0 amide bonds. The van der Waals surface area contributed by atoms with Crippen LogP contribution < -0.4 is 5.46 Å². The minimum absolute atomic E-state index is 0.0447. The first-order valence-corrected chi connectivity index (χ1v) is 6.28. The molecule has 2 nitrogen and oxygen atoms in total. The highest BCUT2D eigenvalue weighted by Crippen LogP contribution is 2.25. The Kier molecular flexibility index (Phi) is 3.63. The summed E-state index contributed by atoms with van der Waals surface area (Å²) in [6, 6.07) is 3.79. The maximum Gasteiger partial charge on any atom is 0.489 e. The fourth-order valence-electron chi connectivity index (χ4n) is 2.12. The predicted octanol–water partition coefficient (Wildman–Crippen LogP) is 2.74. The Morgan fingerprint density at radius 3 is 1.72 bits per heavy atom. The Bertz CT molecular complexity index is 437. The van der Waals surface area contributed by atoms with E-state index >= 15 is 0 Å². The highest BCUT2D eigenvalue weighted by atomic mass is 16.4. The van der Waals surface area contributed by atoms with Crippen LogP contribution in [0.2, 0.25) is 0 Å². The molecule has 0 aliphatic carbocycles. The maximum atomic E-state index is 9.76. The standard InChI is InChI=1S/C15H25BO2/c1-9(2)12-7-13(10(3)4)15(16(17)18)14(8-12)11(5)6/h7-11,17-18H,1-6H3/i1D,3D,5D. The molecule has 3 unspecified atom stereocenters. The van der Waals surface area contributed by atoms with E-state index < -0.39 is 7.12 Å². The Balaban J connectivity index is 3.57. The number of benzene rings is 1. The Morgan fingerprint density at radius 2 is 1.39 bits per heavy atom. The minimum atomic E-state index is -1.60. The van der Waals surface area contributed by atoms with Gasteiger partial charge in [-0.3, -0.25) is 0 Å². The number of hydrogen-bond donors (Lipinski definition) is 2. The second kappa shape index (κ2) is 5.90. The third kappa shape index (κ3) is 3.15. The summed E-state index contributed by atoms with van der Waals surface area (Å²) >= 11 is 0. The summed E-state index contributed by atoms with van der Waals surface area (Å²) in [6.45, 7) is 6.31. The second-order valence-electron chi connectivity index (χ2n) is 5.19. The normalized spacial score (nSPS) is 18.4. The Hall–Kier alpha value is -0.795. The fraction of sp³-hybridized carbons (Fsp3) is 0.600. The van der Waals surface area contributed by atoms with Gasteiger partial charge in [0.2, 0.25) is 0 Å². The summed E-state index contributed by atoms with van der Waals surface area (Å²) < 4.78 is 22.7. The van der Waals surface area contributed by atoms with Gasteiger partial charge in [-0.1, -0.05) is 53.6 Å². The van der Waals surface area contributed by atoms with Crippen LogP contribution >= 0.6 is 0 Å². The molecule has 3 atom stereocenters. The average Bonchev–Trinajstić information content (AvgIpc) is 2.50. The van der Waals surface area contributed by atoms with Gasteiger partial charge in [0, 0.05) is 4.11 Å². The van der Waals surface area contributed by atoms with Crippen molar-refractivity contribution >= 4 is 12.6 Å². The van der Waals surface area contributed by atoms with Crippen LogP contribution in [0.4, 0.5) is 0 Å². The van der Waals surface area contributed by atoms with Gasteiger partial charge in [-0.05, 0) is 39.9 Å².